The average molecular weight is 236 g/mol. The molecule has 0 amide bonds. The van der Waals surface area contributed by atoms with Gasteiger partial charge in [-0.25, -0.2) is 4.98 Å². The van der Waals surface area contributed by atoms with Gasteiger partial charge in [-0.2, -0.15) is 5.10 Å². The molecule has 1 aromatic heterocycles. The van der Waals surface area contributed by atoms with Crippen LogP contribution in [0.25, 0.3) is 0 Å². The largest absolute Gasteiger partial charge is 0.317 e. The fraction of sp³-hybridized carbons (Fsp3) is 0.846. The summed E-state index contributed by atoms with van der Waals surface area (Å²) in [5.41, 5.74) is 0. The van der Waals surface area contributed by atoms with Gasteiger partial charge in [0.1, 0.15) is 12.2 Å². The second-order valence-electron chi connectivity index (χ2n) is 4.99. The molecule has 1 aliphatic rings. The van der Waals surface area contributed by atoms with E-state index in [1.807, 2.05) is 4.68 Å². The Hall–Kier alpha value is -0.900. The summed E-state index contributed by atoms with van der Waals surface area (Å²) in [4.78, 5) is 4.40. The topological polar surface area (TPSA) is 42.7 Å². The lowest BCUT2D eigenvalue weighted by Crippen LogP contribution is -2.34. The summed E-state index contributed by atoms with van der Waals surface area (Å²) in [5, 5.41) is 7.75. The Morgan fingerprint density at radius 2 is 2.18 bits per heavy atom. The highest BCUT2D eigenvalue weighted by molar-refractivity contribution is 4.91. The maximum Gasteiger partial charge on any atom is 0.138 e. The van der Waals surface area contributed by atoms with Gasteiger partial charge < -0.3 is 5.32 Å². The van der Waals surface area contributed by atoms with Crippen molar-refractivity contribution in [1.82, 2.24) is 20.1 Å². The average Bonchev–Trinajstić information content (AvgIpc) is 2.67. The second-order valence-corrected chi connectivity index (χ2v) is 4.99. The Balaban J connectivity index is 2.04. The van der Waals surface area contributed by atoms with Crippen molar-refractivity contribution in [3.8, 4) is 0 Å². The van der Waals surface area contributed by atoms with E-state index in [4.69, 9.17) is 0 Å². The fourth-order valence-electron chi connectivity index (χ4n) is 2.95. The minimum absolute atomic E-state index is 0.652. The number of aromatic nitrogens is 3. The smallest absolute Gasteiger partial charge is 0.138 e. The fourth-order valence-corrected chi connectivity index (χ4v) is 2.95. The zero-order chi connectivity index (χ0) is 12.1. The van der Waals surface area contributed by atoms with Crippen LogP contribution in [0, 0.1) is 5.92 Å². The van der Waals surface area contributed by atoms with Crippen LogP contribution in [0.15, 0.2) is 6.33 Å². The van der Waals surface area contributed by atoms with Gasteiger partial charge >= 0.3 is 0 Å². The molecule has 0 aliphatic heterocycles. The van der Waals surface area contributed by atoms with Crippen LogP contribution in [0.4, 0.5) is 0 Å². The predicted molar refractivity (Wildman–Crippen MR) is 68.8 cm³/mol. The monoisotopic (exact) mass is 236 g/mol. The van der Waals surface area contributed by atoms with Crippen molar-refractivity contribution in [2.75, 3.05) is 7.05 Å². The van der Waals surface area contributed by atoms with Gasteiger partial charge in [0.05, 0.1) is 0 Å². The van der Waals surface area contributed by atoms with Gasteiger partial charge in [-0.3, -0.25) is 4.68 Å². The van der Waals surface area contributed by atoms with Gasteiger partial charge in [0.15, 0.2) is 0 Å². The van der Waals surface area contributed by atoms with Crippen molar-refractivity contribution >= 4 is 0 Å². The Morgan fingerprint density at radius 1 is 1.35 bits per heavy atom. The van der Waals surface area contributed by atoms with Crippen molar-refractivity contribution in [2.24, 2.45) is 5.92 Å². The third-order valence-electron chi connectivity index (χ3n) is 3.97. The molecular weight excluding hydrogens is 212 g/mol. The summed E-state index contributed by atoms with van der Waals surface area (Å²) < 4.78 is 2.03. The first-order chi connectivity index (χ1) is 8.35. The van der Waals surface area contributed by atoms with Crippen LogP contribution < -0.4 is 5.32 Å². The molecule has 0 saturated heterocycles. The summed E-state index contributed by atoms with van der Waals surface area (Å²) in [5.74, 6) is 1.87. The number of hydrogen-bond donors (Lipinski definition) is 1. The molecule has 0 aromatic carbocycles. The molecule has 1 saturated carbocycles. The summed E-state index contributed by atoms with van der Waals surface area (Å²) in [6.07, 6.45) is 9.49. The number of nitrogens with zero attached hydrogens (tertiary/aromatic N) is 3. The molecule has 0 bridgehead atoms. The predicted octanol–water partition coefficient (Wildman–Crippen LogP) is 2.01. The number of hydrogen-bond acceptors (Lipinski definition) is 3. The molecule has 4 nitrogen and oxygen atoms in total. The summed E-state index contributed by atoms with van der Waals surface area (Å²) in [6.45, 7) is 3.05. The van der Waals surface area contributed by atoms with E-state index in [2.05, 4.69) is 29.4 Å². The van der Waals surface area contributed by atoms with Crippen LogP contribution >= 0.6 is 0 Å². The van der Waals surface area contributed by atoms with Gasteiger partial charge in [-0.15, -0.1) is 0 Å². The van der Waals surface area contributed by atoms with Crippen molar-refractivity contribution in [2.45, 2.75) is 58.0 Å². The van der Waals surface area contributed by atoms with Crippen LogP contribution in [0.5, 0.6) is 0 Å². The zero-order valence-corrected chi connectivity index (χ0v) is 11.0. The van der Waals surface area contributed by atoms with E-state index < -0.39 is 0 Å². The molecule has 17 heavy (non-hydrogen) atoms. The molecule has 0 spiro atoms. The van der Waals surface area contributed by atoms with E-state index in [9.17, 15) is 0 Å². The Labute approximate surface area is 104 Å². The van der Waals surface area contributed by atoms with E-state index in [0.29, 0.717) is 6.04 Å². The highest BCUT2D eigenvalue weighted by atomic mass is 15.3. The first-order valence-corrected chi connectivity index (χ1v) is 6.89. The van der Waals surface area contributed by atoms with Crippen LogP contribution in [-0.4, -0.2) is 27.9 Å². The van der Waals surface area contributed by atoms with Crippen LogP contribution in [0.1, 0.15) is 44.9 Å². The van der Waals surface area contributed by atoms with E-state index in [0.717, 1.165) is 24.7 Å². The molecule has 1 aliphatic carbocycles. The Bertz CT molecular complexity index is 334. The first kappa shape index (κ1) is 12.6. The number of nitrogens with one attached hydrogen (secondary N) is 1. The van der Waals surface area contributed by atoms with E-state index in [1.54, 1.807) is 6.33 Å². The van der Waals surface area contributed by atoms with Gasteiger partial charge in [-0.1, -0.05) is 19.3 Å². The molecular formula is C13H24N4. The van der Waals surface area contributed by atoms with Crippen molar-refractivity contribution in [3.05, 3.63) is 12.2 Å². The maximum atomic E-state index is 4.40. The van der Waals surface area contributed by atoms with Gasteiger partial charge in [-0.05, 0) is 32.7 Å². The van der Waals surface area contributed by atoms with Crippen molar-refractivity contribution < 1.29 is 0 Å². The molecule has 96 valence electrons. The molecule has 2 atom stereocenters. The van der Waals surface area contributed by atoms with Gasteiger partial charge in [0.2, 0.25) is 0 Å². The summed E-state index contributed by atoms with van der Waals surface area (Å²) in [7, 11) is 2.09. The molecule has 2 unspecified atom stereocenters. The standard InChI is InChI=1S/C13H24N4/c1-3-17-13(15-10-16-17)9-11-7-5-4-6-8-12(11)14-2/h10-12,14H,3-9H2,1-2H3. The highest BCUT2D eigenvalue weighted by Crippen LogP contribution is 2.25. The van der Waals surface area contributed by atoms with E-state index in [-0.39, 0.29) is 0 Å². The third kappa shape index (κ3) is 3.06. The zero-order valence-electron chi connectivity index (χ0n) is 11.0. The lowest BCUT2D eigenvalue weighted by molar-refractivity contribution is 0.339. The van der Waals surface area contributed by atoms with Crippen LogP contribution in [0.3, 0.4) is 0 Å². The van der Waals surface area contributed by atoms with Crippen molar-refractivity contribution in [3.63, 3.8) is 0 Å². The molecule has 1 heterocycles. The van der Waals surface area contributed by atoms with Gasteiger partial charge in [0, 0.05) is 19.0 Å². The van der Waals surface area contributed by atoms with E-state index >= 15 is 0 Å². The second kappa shape index (κ2) is 6.15. The molecule has 1 aromatic rings. The molecule has 2 rings (SSSR count). The first-order valence-electron chi connectivity index (χ1n) is 6.89. The third-order valence-corrected chi connectivity index (χ3v) is 3.97. The molecule has 0 radical (unpaired) electrons. The summed E-state index contributed by atoms with van der Waals surface area (Å²) >= 11 is 0. The minimum atomic E-state index is 0.652. The highest BCUT2D eigenvalue weighted by Gasteiger charge is 2.24. The van der Waals surface area contributed by atoms with E-state index in [1.165, 1.54) is 32.1 Å². The van der Waals surface area contributed by atoms with Crippen molar-refractivity contribution in [1.29, 1.82) is 0 Å². The minimum Gasteiger partial charge on any atom is -0.317 e. The summed E-state index contributed by atoms with van der Waals surface area (Å²) in [6, 6.07) is 0.652. The lowest BCUT2D eigenvalue weighted by atomic mass is 9.91. The molecule has 1 fully saturated rings. The Morgan fingerprint density at radius 3 is 2.94 bits per heavy atom. The number of rotatable bonds is 4. The number of aryl methyl sites for hydroxylation is 1. The van der Waals surface area contributed by atoms with Gasteiger partial charge in [0.25, 0.3) is 0 Å². The van der Waals surface area contributed by atoms with Crippen LogP contribution in [0.2, 0.25) is 0 Å². The maximum absolute atomic E-state index is 4.40. The Kier molecular flexibility index (Phi) is 4.54. The normalized spacial score (nSPS) is 25.8. The quantitative estimate of drug-likeness (QED) is 0.813. The molecule has 4 heteroatoms. The lowest BCUT2D eigenvalue weighted by Gasteiger charge is -2.24. The SMILES string of the molecule is CCn1ncnc1CC1CCCCCC1NC. The van der Waals surface area contributed by atoms with Crippen LogP contribution in [-0.2, 0) is 13.0 Å². The molecule has 1 N–H and O–H groups in total.